The van der Waals surface area contributed by atoms with Crippen LogP contribution in [-0.4, -0.2) is 20.9 Å². The fraction of sp³-hybridized carbons (Fsp3) is 0.333. The highest BCUT2D eigenvalue weighted by Crippen LogP contribution is 2.11. The van der Waals surface area contributed by atoms with E-state index < -0.39 is 5.97 Å². The van der Waals surface area contributed by atoms with E-state index in [0.717, 1.165) is 29.7 Å². The summed E-state index contributed by atoms with van der Waals surface area (Å²) >= 11 is 0. The highest BCUT2D eigenvalue weighted by molar-refractivity contribution is 5.85. The van der Waals surface area contributed by atoms with Gasteiger partial charge in [0.25, 0.3) is 0 Å². The minimum Gasteiger partial charge on any atom is -0.477 e. The first-order valence-corrected chi connectivity index (χ1v) is 6.45. The maximum atomic E-state index is 11.2. The molecule has 0 aliphatic carbocycles. The predicted molar refractivity (Wildman–Crippen MR) is 73.5 cm³/mol. The quantitative estimate of drug-likeness (QED) is 0.897. The molecule has 0 aliphatic heterocycles. The summed E-state index contributed by atoms with van der Waals surface area (Å²) in [5.41, 5.74) is 3.32. The zero-order valence-electron chi connectivity index (χ0n) is 11.3. The number of rotatable bonds is 5. The molecule has 0 saturated heterocycles. The summed E-state index contributed by atoms with van der Waals surface area (Å²) in [5.74, 6) is -0.928. The lowest BCUT2D eigenvalue weighted by Crippen LogP contribution is -2.11. The lowest BCUT2D eigenvalue weighted by atomic mass is 10.1. The minimum atomic E-state index is -0.928. The molecule has 2 aromatic rings. The van der Waals surface area contributed by atoms with Crippen molar-refractivity contribution in [3.05, 3.63) is 52.8 Å². The van der Waals surface area contributed by atoms with E-state index in [2.05, 4.69) is 12.0 Å². The van der Waals surface area contributed by atoms with Crippen molar-refractivity contribution >= 4 is 5.97 Å². The second kappa shape index (κ2) is 5.69. The Morgan fingerprint density at radius 1 is 1.37 bits per heavy atom. The number of benzene rings is 1. The van der Waals surface area contributed by atoms with E-state index in [-0.39, 0.29) is 5.69 Å². The van der Waals surface area contributed by atoms with Crippen molar-refractivity contribution in [1.82, 2.24) is 9.78 Å². The number of carboxylic acids is 1. The van der Waals surface area contributed by atoms with E-state index in [4.69, 9.17) is 0 Å². The van der Waals surface area contributed by atoms with Crippen LogP contribution in [0.5, 0.6) is 0 Å². The molecule has 0 bridgehead atoms. The van der Waals surface area contributed by atoms with Crippen LogP contribution >= 0.6 is 0 Å². The maximum absolute atomic E-state index is 11.2. The lowest BCUT2D eigenvalue weighted by Gasteiger charge is -2.05. The van der Waals surface area contributed by atoms with Gasteiger partial charge in [-0.3, -0.25) is 4.68 Å². The van der Waals surface area contributed by atoms with E-state index in [1.807, 2.05) is 31.2 Å². The predicted octanol–water partition coefficient (Wildman–Crippen LogP) is 2.89. The van der Waals surface area contributed by atoms with Crippen molar-refractivity contribution in [2.24, 2.45) is 0 Å². The van der Waals surface area contributed by atoms with Crippen molar-refractivity contribution in [3.8, 4) is 0 Å². The van der Waals surface area contributed by atoms with Gasteiger partial charge in [-0.15, -0.1) is 0 Å². The molecular formula is C15H18N2O2. The molecule has 0 fully saturated rings. The third kappa shape index (κ3) is 3.22. The third-order valence-corrected chi connectivity index (χ3v) is 2.97. The lowest BCUT2D eigenvalue weighted by molar-refractivity contribution is 0.0684. The summed E-state index contributed by atoms with van der Waals surface area (Å²) in [6.45, 7) is 4.57. The van der Waals surface area contributed by atoms with Crippen molar-refractivity contribution in [3.63, 3.8) is 0 Å². The molecule has 4 nitrogen and oxygen atoms in total. The molecule has 0 saturated carbocycles. The molecule has 0 spiro atoms. The minimum absolute atomic E-state index is 0.255. The molecule has 0 unspecified atom stereocenters. The number of aromatic nitrogens is 2. The number of aryl methyl sites for hydroxylation is 2. The molecule has 0 radical (unpaired) electrons. The van der Waals surface area contributed by atoms with Crippen LogP contribution in [0.25, 0.3) is 0 Å². The molecule has 1 aromatic heterocycles. The first kappa shape index (κ1) is 13.3. The average molecular weight is 258 g/mol. The van der Waals surface area contributed by atoms with Crippen LogP contribution in [0.1, 0.15) is 40.7 Å². The second-order valence-corrected chi connectivity index (χ2v) is 4.72. The van der Waals surface area contributed by atoms with E-state index in [1.54, 1.807) is 10.7 Å². The van der Waals surface area contributed by atoms with Gasteiger partial charge in [-0.25, -0.2) is 4.79 Å². The summed E-state index contributed by atoms with van der Waals surface area (Å²) in [7, 11) is 0. The van der Waals surface area contributed by atoms with Crippen molar-refractivity contribution in [2.45, 2.75) is 33.2 Å². The van der Waals surface area contributed by atoms with Crippen LogP contribution in [0.3, 0.4) is 0 Å². The molecule has 1 N–H and O–H groups in total. The number of nitrogens with zero attached hydrogens (tertiary/aromatic N) is 2. The van der Waals surface area contributed by atoms with Crippen LogP contribution in [0, 0.1) is 6.92 Å². The Hall–Kier alpha value is -2.10. The molecule has 2 rings (SSSR count). The Labute approximate surface area is 112 Å². The fourth-order valence-electron chi connectivity index (χ4n) is 2.12. The Morgan fingerprint density at radius 3 is 2.79 bits per heavy atom. The van der Waals surface area contributed by atoms with Gasteiger partial charge < -0.3 is 5.11 Å². The normalized spacial score (nSPS) is 10.6. The molecule has 0 aliphatic rings. The van der Waals surface area contributed by atoms with Gasteiger partial charge in [-0.1, -0.05) is 43.2 Å². The molecule has 0 amide bonds. The van der Waals surface area contributed by atoms with Gasteiger partial charge in [0.1, 0.15) is 5.69 Å². The highest BCUT2D eigenvalue weighted by atomic mass is 16.4. The first-order chi connectivity index (χ1) is 9.10. The Bertz CT molecular complexity index is 588. The number of carbonyl (C=O) groups is 1. The van der Waals surface area contributed by atoms with Gasteiger partial charge >= 0.3 is 5.97 Å². The average Bonchev–Trinajstić information content (AvgIpc) is 2.73. The van der Waals surface area contributed by atoms with Crippen LogP contribution in [-0.2, 0) is 13.0 Å². The van der Waals surface area contributed by atoms with Gasteiger partial charge in [0.2, 0.25) is 0 Å². The standard InChI is InChI=1S/C15H18N2O2/c1-3-5-13-9-14(15(18)19)17(16-13)10-12-7-4-6-11(2)8-12/h4,6-9H,3,5,10H2,1-2H3,(H,18,19). The SMILES string of the molecule is CCCc1cc(C(=O)O)n(Cc2cccc(C)c2)n1. The smallest absolute Gasteiger partial charge is 0.354 e. The molecule has 1 heterocycles. The topological polar surface area (TPSA) is 55.1 Å². The van der Waals surface area contributed by atoms with Gasteiger partial charge in [-0.2, -0.15) is 5.10 Å². The summed E-state index contributed by atoms with van der Waals surface area (Å²) in [6, 6.07) is 9.70. The fourth-order valence-corrected chi connectivity index (χ4v) is 2.12. The van der Waals surface area contributed by atoms with Gasteiger partial charge in [-0.05, 0) is 25.0 Å². The van der Waals surface area contributed by atoms with E-state index in [9.17, 15) is 9.90 Å². The monoisotopic (exact) mass is 258 g/mol. The molecule has 4 heteroatoms. The van der Waals surface area contributed by atoms with Crippen LogP contribution in [0.2, 0.25) is 0 Å². The zero-order chi connectivity index (χ0) is 13.8. The highest BCUT2D eigenvalue weighted by Gasteiger charge is 2.14. The maximum Gasteiger partial charge on any atom is 0.354 e. The Morgan fingerprint density at radius 2 is 2.16 bits per heavy atom. The number of hydrogen-bond acceptors (Lipinski definition) is 2. The third-order valence-electron chi connectivity index (χ3n) is 2.97. The van der Waals surface area contributed by atoms with E-state index in [0.29, 0.717) is 6.54 Å². The van der Waals surface area contributed by atoms with Crippen molar-refractivity contribution < 1.29 is 9.90 Å². The molecule has 1 aromatic carbocycles. The summed E-state index contributed by atoms with van der Waals surface area (Å²) in [6.07, 6.45) is 1.77. The second-order valence-electron chi connectivity index (χ2n) is 4.72. The van der Waals surface area contributed by atoms with E-state index in [1.165, 1.54) is 0 Å². The number of carboxylic acid groups (broad SMARTS) is 1. The van der Waals surface area contributed by atoms with Gasteiger partial charge in [0.05, 0.1) is 12.2 Å². The number of hydrogen-bond donors (Lipinski definition) is 1. The van der Waals surface area contributed by atoms with Crippen LogP contribution in [0.15, 0.2) is 30.3 Å². The summed E-state index contributed by atoms with van der Waals surface area (Å²) in [5, 5.41) is 13.6. The summed E-state index contributed by atoms with van der Waals surface area (Å²) in [4.78, 5) is 11.2. The van der Waals surface area contributed by atoms with E-state index >= 15 is 0 Å². The van der Waals surface area contributed by atoms with Crippen LogP contribution in [0.4, 0.5) is 0 Å². The Kier molecular flexibility index (Phi) is 4.00. The molecular weight excluding hydrogens is 240 g/mol. The van der Waals surface area contributed by atoms with Gasteiger partial charge in [0, 0.05) is 0 Å². The number of aromatic carboxylic acids is 1. The first-order valence-electron chi connectivity index (χ1n) is 6.45. The molecule has 100 valence electrons. The summed E-state index contributed by atoms with van der Waals surface area (Å²) < 4.78 is 1.57. The molecule has 0 atom stereocenters. The Balaban J connectivity index is 2.30. The molecule has 19 heavy (non-hydrogen) atoms. The van der Waals surface area contributed by atoms with Gasteiger partial charge in [0.15, 0.2) is 0 Å². The largest absolute Gasteiger partial charge is 0.477 e. The zero-order valence-corrected chi connectivity index (χ0v) is 11.3. The van der Waals surface area contributed by atoms with Crippen molar-refractivity contribution in [2.75, 3.05) is 0 Å². The van der Waals surface area contributed by atoms with Crippen LogP contribution < -0.4 is 0 Å². The van der Waals surface area contributed by atoms with Crippen molar-refractivity contribution in [1.29, 1.82) is 0 Å².